The molecule has 1 atom stereocenters. The minimum Gasteiger partial charge on any atom is -0.452 e. The lowest BCUT2D eigenvalue weighted by molar-refractivity contribution is -0.154. The predicted octanol–water partition coefficient (Wildman–Crippen LogP) is 2.73. The highest BCUT2D eigenvalue weighted by Crippen LogP contribution is 2.28. The minimum absolute atomic E-state index is 0.0197. The second-order valence-corrected chi connectivity index (χ2v) is 7.42. The molecule has 0 saturated carbocycles. The molecular weight excluding hydrogens is 382 g/mol. The number of esters is 1. The quantitative estimate of drug-likeness (QED) is 0.589. The first kappa shape index (κ1) is 19.9. The van der Waals surface area contributed by atoms with Crippen molar-refractivity contribution in [3.63, 3.8) is 0 Å². The average molecular weight is 407 g/mol. The summed E-state index contributed by atoms with van der Waals surface area (Å²) in [5.74, 6) is -0.725. The van der Waals surface area contributed by atoms with Gasteiger partial charge in [0.1, 0.15) is 0 Å². The molecule has 7 heteroatoms. The largest absolute Gasteiger partial charge is 0.452 e. The molecular formula is C23H25N3O4. The molecule has 156 valence electrons. The van der Waals surface area contributed by atoms with Crippen LogP contribution in [0.3, 0.4) is 0 Å². The SMILES string of the molecule is CCn1c(=O)n(CCC(=O)OC(C)C(=O)N2CCc3ccccc32)c2ccccc21. The summed E-state index contributed by atoms with van der Waals surface area (Å²) in [4.78, 5) is 39.5. The number of imidazole rings is 1. The Morgan fingerprint density at radius 3 is 2.43 bits per heavy atom. The molecule has 0 spiro atoms. The maximum absolute atomic E-state index is 12.8. The molecule has 0 bridgehead atoms. The Kier molecular flexibility index (Phi) is 5.44. The summed E-state index contributed by atoms with van der Waals surface area (Å²) in [7, 11) is 0. The molecule has 1 aromatic heterocycles. The van der Waals surface area contributed by atoms with Gasteiger partial charge in [-0.05, 0) is 44.0 Å². The van der Waals surface area contributed by atoms with E-state index in [9.17, 15) is 14.4 Å². The van der Waals surface area contributed by atoms with Crippen LogP contribution in [-0.2, 0) is 33.8 Å². The van der Waals surface area contributed by atoms with Crippen molar-refractivity contribution in [2.24, 2.45) is 0 Å². The Morgan fingerprint density at radius 1 is 1.03 bits per heavy atom. The molecule has 0 fully saturated rings. The molecule has 2 heterocycles. The zero-order valence-electron chi connectivity index (χ0n) is 17.2. The van der Waals surface area contributed by atoms with Gasteiger partial charge in [-0.25, -0.2) is 4.79 Å². The molecule has 0 radical (unpaired) electrons. The van der Waals surface area contributed by atoms with Crippen LogP contribution in [0.4, 0.5) is 5.69 Å². The number of benzene rings is 2. The van der Waals surface area contributed by atoms with Gasteiger partial charge in [-0.2, -0.15) is 0 Å². The predicted molar refractivity (Wildman–Crippen MR) is 115 cm³/mol. The lowest BCUT2D eigenvalue weighted by atomic mass is 10.2. The summed E-state index contributed by atoms with van der Waals surface area (Å²) in [6, 6.07) is 15.3. The van der Waals surface area contributed by atoms with Crippen molar-refractivity contribution in [2.75, 3.05) is 11.4 Å². The number of fused-ring (bicyclic) bond motifs is 2. The molecule has 0 aliphatic carbocycles. The van der Waals surface area contributed by atoms with Crippen LogP contribution in [-0.4, -0.2) is 33.7 Å². The Morgan fingerprint density at radius 2 is 1.70 bits per heavy atom. The molecule has 4 rings (SSSR count). The number of carbonyl (C=O) groups is 2. The van der Waals surface area contributed by atoms with E-state index in [2.05, 4.69) is 0 Å². The number of hydrogen-bond acceptors (Lipinski definition) is 4. The smallest absolute Gasteiger partial charge is 0.329 e. The number of hydrogen-bond donors (Lipinski definition) is 0. The molecule has 1 unspecified atom stereocenters. The standard InChI is InChI=1S/C23H25N3O4/c1-3-24-19-10-6-7-11-20(19)26(23(24)29)15-13-21(27)30-16(2)22(28)25-14-12-17-8-4-5-9-18(17)25/h4-11,16H,3,12-15H2,1-2H3. The van der Waals surface area contributed by atoms with E-state index in [1.807, 2.05) is 55.5 Å². The van der Waals surface area contributed by atoms with Gasteiger partial charge >= 0.3 is 11.7 Å². The van der Waals surface area contributed by atoms with Crippen LogP contribution in [0.5, 0.6) is 0 Å². The van der Waals surface area contributed by atoms with Crippen molar-refractivity contribution in [3.05, 3.63) is 64.6 Å². The Labute approximate surface area is 174 Å². The number of aromatic nitrogens is 2. The molecule has 0 N–H and O–H groups in total. The van der Waals surface area contributed by atoms with Crippen LogP contribution in [0.15, 0.2) is 53.3 Å². The van der Waals surface area contributed by atoms with Crippen LogP contribution in [0.1, 0.15) is 25.8 Å². The Hall–Kier alpha value is -3.35. The molecule has 30 heavy (non-hydrogen) atoms. The molecule has 1 aliphatic rings. The molecule has 0 saturated heterocycles. The van der Waals surface area contributed by atoms with E-state index >= 15 is 0 Å². The van der Waals surface area contributed by atoms with Gasteiger partial charge in [-0.3, -0.25) is 18.7 Å². The monoisotopic (exact) mass is 407 g/mol. The number of para-hydroxylation sites is 3. The topological polar surface area (TPSA) is 73.5 Å². The fourth-order valence-corrected chi connectivity index (χ4v) is 4.09. The third kappa shape index (κ3) is 3.51. The summed E-state index contributed by atoms with van der Waals surface area (Å²) < 4.78 is 8.66. The van der Waals surface area contributed by atoms with E-state index < -0.39 is 12.1 Å². The molecule has 3 aromatic rings. The first-order valence-electron chi connectivity index (χ1n) is 10.3. The minimum atomic E-state index is -0.877. The molecule has 7 nitrogen and oxygen atoms in total. The summed E-state index contributed by atoms with van der Waals surface area (Å²) in [5.41, 5.74) is 3.48. The average Bonchev–Trinajstić information content (AvgIpc) is 3.30. The van der Waals surface area contributed by atoms with E-state index in [0.717, 1.165) is 28.7 Å². The van der Waals surface area contributed by atoms with E-state index in [1.54, 1.807) is 21.0 Å². The molecule has 1 aliphatic heterocycles. The molecule has 2 aromatic carbocycles. The number of aryl methyl sites for hydroxylation is 2. The van der Waals surface area contributed by atoms with Gasteiger partial charge in [-0.1, -0.05) is 30.3 Å². The van der Waals surface area contributed by atoms with Gasteiger partial charge in [0.05, 0.1) is 17.5 Å². The third-order valence-electron chi connectivity index (χ3n) is 5.59. The lowest BCUT2D eigenvalue weighted by Crippen LogP contribution is -2.39. The molecule has 1 amide bonds. The second-order valence-electron chi connectivity index (χ2n) is 7.42. The fourth-order valence-electron chi connectivity index (χ4n) is 4.09. The second kappa shape index (κ2) is 8.18. The van der Waals surface area contributed by atoms with Crippen LogP contribution >= 0.6 is 0 Å². The number of anilines is 1. The maximum Gasteiger partial charge on any atom is 0.329 e. The van der Waals surface area contributed by atoms with Gasteiger partial charge in [0.15, 0.2) is 6.10 Å². The van der Waals surface area contributed by atoms with Crippen LogP contribution in [0.2, 0.25) is 0 Å². The van der Waals surface area contributed by atoms with Crippen molar-refractivity contribution in [1.29, 1.82) is 0 Å². The lowest BCUT2D eigenvalue weighted by Gasteiger charge is -2.21. The fraction of sp³-hybridized carbons (Fsp3) is 0.348. The van der Waals surface area contributed by atoms with Crippen LogP contribution in [0.25, 0.3) is 11.0 Å². The first-order chi connectivity index (χ1) is 14.5. The summed E-state index contributed by atoms with van der Waals surface area (Å²) in [6.45, 7) is 4.86. The normalized spacial score (nSPS) is 14.0. The van der Waals surface area contributed by atoms with Crippen LogP contribution in [0, 0.1) is 0 Å². The van der Waals surface area contributed by atoms with Crippen molar-refractivity contribution in [1.82, 2.24) is 9.13 Å². The van der Waals surface area contributed by atoms with Gasteiger partial charge in [0.2, 0.25) is 0 Å². The number of amides is 1. The summed E-state index contributed by atoms with van der Waals surface area (Å²) in [6.07, 6.45) is -0.0592. The third-order valence-corrected chi connectivity index (χ3v) is 5.59. The van der Waals surface area contributed by atoms with E-state index in [0.29, 0.717) is 13.1 Å². The highest BCUT2D eigenvalue weighted by atomic mass is 16.5. The van der Waals surface area contributed by atoms with E-state index in [4.69, 9.17) is 4.74 Å². The van der Waals surface area contributed by atoms with Crippen molar-refractivity contribution in [3.8, 4) is 0 Å². The number of carbonyl (C=O) groups excluding carboxylic acids is 2. The van der Waals surface area contributed by atoms with Gasteiger partial charge in [-0.15, -0.1) is 0 Å². The van der Waals surface area contributed by atoms with Crippen molar-refractivity contribution < 1.29 is 14.3 Å². The zero-order chi connectivity index (χ0) is 21.3. The number of ether oxygens (including phenoxy) is 1. The zero-order valence-corrected chi connectivity index (χ0v) is 17.2. The highest BCUT2D eigenvalue weighted by molar-refractivity contribution is 5.99. The van der Waals surface area contributed by atoms with Crippen molar-refractivity contribution in [2.45, 2.75) is 45.9 Å². The van der Waals surface area contributed by atoms with Gasteiger partial charge < -0.3 is 9.64 Å². The maximum atomic E-state index is 12.8. The van der Waals surface area contributed by atoms with Gasteiger partial charge in [0.25, 0.3) is 5.91 Å². The van der Waals surface area contributed by atoms with E-state index in [1.165, 1.54) is 0 Å². The van der Waals surface area contributed by atoms with E-state index in [-0.39, 0.29) is 24.6 Å². The number of nitrogens with zero attached hydrogens (tertiary/aromatic N) is 3. The van der Waals surface area contributed by atoms with Crippen LogP contribution < -0.4 is 10.6 Å². The highest BCUT2D eigenvalue weighted by Gasteiger charge is 2.29. The first-order valence-corrected chi connectivity index (χ1v) is 10.3. The summed E-state index contributed by atoms with van der Waals surface area (Å²) >= 11 is 0. The summed E-state index contributed by atoms with van der Waals surface area (Å²) in [5, 5.41) is 0. The Balaban J connectivity index is 1.41. The number of rotatable bonds is 6. The van der Waals surface area contributed by atoms with Crippen molar-refractivity contribution >= 4 is 28.6 Å². The van der Waals surface area contributed by atoms with Gasteiger partial charge in [0, 0.05) is 25.3 Å². The Bertz CT molecular complexity index is 1160.